The van der Waals surface area contributed by atoms with Crippen LogP contribution in [-0.4, -0.2) is 24.2 Å². The van der Waals surface area contributed by atoms with Gasteiger partial charge in [0.1, 0.15) is 0 Å². The summed E-state index contributed by atoms with van der Waals surface area (Å²) >= 11 is 0. The number of carbonyl (C=O) groups is 1. The summed E-state index contributed by atoms with van der Waals surface area (Å²) in [6.07, 6.45) is 0. The summed E-state index contributed by atoms with van der Waals surface area (Å²) in [7, 11) is -0.686. The fraction of sp³-hybridized carbons (Fsp3) is 0.429. The van der Waals surface area contributed by atoms with Gasteiger partial charge >= 0.3 is 7.12 Å². The van der Waals surface area contributed by atoms with E-state index in [2.05, 4.69) is 0 Å². The van der Waals surface area contributed by atoms with Crippen LogP contribution in [-0.2, 0) is 9.31 Å². The fourth-order valence-corrected chi connectivity index (χ4v) is 2.07. The minimum atomic E-state index is -0.686. The summed E-state index contributed by atoms with van der Waals surface area (Å²) < 4.78 is 11.8. The van der Waals surface area contributed by atoms with Crippen LogP contribution in [0.5, 0.6) is 0 Å². The molecule has 2 rings (SSSR count). The maximum Gasteiger partial charge on any atom is 0.496 e. The molecule has 5 nitrogen and oxygen atoms in total. The Kier molecular flexibility index (Phi) is 3.36. The van der Waals surface area contributed by atoms with E-state index in [9.17, 15) is 10.1 Å². The number of primary amides is 1. The Labute approximate surface area is 118 Å². The van der Waals surface area contributed by atoms with Crippen LogP contribution >= 0.6 is 0 Å². The van der Waals surface area contributed by atoms with Gasteiger partial charge in [-0.25, -0.2) is 0 Å². The quantitative estimate of drug-likeness (QED) is 0.812. The Bertz CT molecular complexity index is 589. The van der Waals surface area contributed by atoms with E-state index in [0.29, 0.717) is 5.46 Å². The Hall–Kier alpha value is -1.84. The van der Waals surface area contributed by atoms with Crippen molar-refractivity contribution in [2.24, 2.45) is 5.73 Å². The van der Waals surface area contributed by atoms with Crippen molar-refractivity contribution in [1.29, 1.82) is 5.26 Å². The summed E-state index contributed by atoms with van der Waals surface area (Å²) in [5, 5.41) is 9.30. The van der Waals surface area contributed by atoms with Gasteiger partial charge in [0.05, 0.1) is 28.4 Å². The second kappa shape index (κ2) is 4.62. The first kappa shape index (κ1) is 14.6. The van der Waals surface area contributed by atoms with Crippen molar-refractivity contribution in [2.75, 3.05) is 0 Å². The van der Waals surface area contributed by atoms with E-state index in [1.807, 2.05) is 33.8 Å². The summed E-state index contributed by atoms with van der Waals surface area (Å²) in [6, 6.07) is 6.92. The third-order valence-corrected chi connectivity index (χ3v) is 3.98. The van der Waals surface area contributed by atoms with Crippen molar-refractivity contribution < 1.29 is 14.1 Å². The van der Waals surface area contributed by atoms with Crippen LogP contribution < -0.4 is 11.2 Å². The van der Waals surface area contributed by atoms with Crippen LogP contribution in [0.4, 0.5) is 0 Å². The Morgan fingerprint density at radius 3 is 2.25 bits per heavy atom. The lowest BCUT2D eigenvalue weighted by molar-refractivity contribution is 0.00578. The molecule has 6 heteroatoms. The number of carbonyl (C=O) groups excluding carboxylic acids is 1. The van der Waals surface area contributed by atoms with Crippen LogP contribution in [0.25, 0.3) is 0 Å². The lowest BCUT2D eigenvalue weighted by atomic mass is 9.75. The van der Waals surface area contributed by atoms with Gasteiger partial charge in [-0.2, -0.15) is 5.26 Å². The van der Waals surface area contributed by atoms with Gasteiger partial charge in [0.15, 0.2) is 0 Å². The van der Waals surface area contributed by atoms with Crippen LogP contribution in [0.1, 0.15) is 43.6 Å². The van der Waals surface area contributed by atoms with E-state index >= 15 is 0 Å². The molecule has 2 N–H and O–H groups in total. The van der Waals surface area contributed by atoms with E-state index in [4.69, 9.17) is 15.0 Å². The molecule has 0 saturated carbocycles. The molecule has 0 unspecified atom stereocenters. The number of hydrogen-bond acceptors (Lipinski definition) is 4. The monoisotopic (exact) mass is 272 g/mol. The number of nitrogens with zero attached hydrogens (tertiary/aromatic N) is 1. The number of amides is 1. The van der Waals surface area contributed by atoms with Gasteiger partial charge in [0.2, 0.25) is 5.91 Å². The van der Waals surface area contributed by atoms with E-state index in [0.717, 1.165) is 0 Å². The summed E-state index contributed by atoms with van der Waals surface area (Å²) in [6.45, 7) is 7.71. The van der Waals surface area contributed by atoms with Gasteiger partial charge in [0.25, 0.3) is 0 Å². The van der Waals surface area contributed by atoms with Crippen molar-refractivity contribution in [3.63, 3.8) is 0 Å². The van der Waals surface area contributed by atoms with Crippen molar-refractivity contribution >= 4 is 18.5 Å². The van der Waals surface area contributed by atoms with Crippen molar-refractivity contribution in [3.05, 3.63) is 29.3 Å². The molecule has 1 aromatic carbocycles. The number of hydrogen-bond donors (Lipinski definition) is 1. The normalized spacial score (nSPS) is 19.6. The third-order valence-electron chi connectivity index (χ3n) is 3.98. The van der Waals surface area contributed by atoms with Gasteiger partial charge < -0.3 is 15.0 Å². The second-order valence-corrected chi connectivity index (χ2v) is 5.83. The molecule has 0 aromatic heterocycles. The standard InChI is InChI=1S/C14H17BN2O3/c1-13(2)14(3,4)20-15(19-13)11-7-5-6-9(12(17)18)10(11)8-16/h5-7H,1-4H3,(H2,17,18). The van der Waals surface area contributed by atoms with Gasteiger partial charge in [0, 0.05) is 5.46 Å². The highest BCUT2D eigenvalue weighted by molar-refractivity contribution is 6.63. The molecule has 0 radical (unpaired) electrons. The minimum absolute atomic E-state index is 0.180. The molecular weight excluding hydrogens is 255 g/mol. The highest BCUT2D eigenvalue weighted by Crippen LogP contribution is 2.36. The number of nitriles is 1. The van der Waals surface area contributed by atoms with E-state index < -0.39 is 24.2 Å². The van der Waals surface area contributed by atoms with Crippen molar-refractivity contribution in [2.45, 2.75) is 38.9 Å². The largest absolute Gasteiger partial charge is 0.496 e. The average molecular weight is 272 g/mol. The first-order valence-corrected chi connectivity index (χ1v) is 6.38. The molecule has 1 aliphatic rings. The van der Waals surface area contributed by atoms with Crippen molar-refractivity contribution in [1.82, 2.24) is 0 Å². The van der Waals surface area contributed by atoms with Crippen LogP contribution in [0.15, 0.2) is 18.2 Å². The maximum atomic E-state index is 11.4. The zero-order chi connectivity index (χ0) is 15.1. The third kappa shape index (κ3) is 2.19. The number of benzene rings is 1. The fourth-order valence-electron chi connectivity index (χ4n) is 2.07. The molecule has 0 atom stereocenters. The summed E-state index contributed by atoms with van der Waals surface area (Å²) in [4.78, 5) is 11.4. The first-order chi connectivity index (χ1) is 9.19. The Balaban J connectivity index is 2.49. The molecule has 1 saturated heterocycles. The Morgan fingerprint density at radius 2 is 1.80 bits per heavy atom. The van der Waals surface area contributed by atoms with Crippen molar-refractivity contribution in [3.8, 4) is 6.07 Å². The minimum Gasteiger partial charge on any atom is -0.399 e. The van der Waals surface area contributed by atoms with Gasteiger partial charge in [-0.15, -0.1) is 0 Å². The molecular formula is C14H17BN2O3. The SMILES string of the molecule is CC1(C)OB(c2cccc(C(N)=O)c2C#N)OC1(C)C. The predicted molar refractivity (Wildman–Crippen MR) is 75.4 cm³/mol. The molecule has 1 aliphatic heterocycles. The Morgan fingerprint density at radius 1 is 1.25 bits per heavy atom. The number of nitrogens with two attached hydrogens (primary N) is 1. The maximum absolute atomic E-state index is 11.4. The molecule has 1 aromatic rings. The van der Waals surface area contributed by atoms with E-state index in [1.54, 1.807) is 12.1 Å². The lowest BCUT2D eigenvalue weighted by Gasteiger charge is -2.32. The predicted octanol–water partition coefficient (Wildman–Crippen LogP) is 0.956. The van der Waals surface area contributed by atoms with Crippen LogP contribution in [0, 0.1) is 11.3 Å². The molecule has 1 fully saturated rings. The zero-order valence-electron chi connectivity index (χ0n) is 12.1. The number of rotatable bonds is 2. The molecule has 1 amide bonds. The zero-order valence-corrected chi connectivity index (χ0v) is 12.1. The molecule has 20 heavy (non-hydrogen) atoms. The molecule has 0 aliphatic carbocycles. The smallest absolute Gasteiger partial charge is 0.399 e. The first-order valence-electron chi connectivity index (χ1n) is 6.38. The van der Waals surface area contributed by atoms with Gasteiger partial charge in [-0.05, 0) is 33.8 Å². The summed E-state index contributed by atoms with van der Waals surface area (Å²) in [5.41, 5.74) is 5.20. The second-order valence-electron chi connectivity index (χ2n) is 5.83. The highest BCUT2D eigenvalue weighted by Gasteiger charge is 2.52. The lowest BCUT2D eigenvalue weighted by Crippen LogP contribution is -2.41. The topological polar surface area (TPSA) is 85.3 Å². The molecule has 0 bridgehead atoms. The van der Waals surface area contributed by atoms with Crippen LogP contribution in [0.2, 0.25) is 0 Å². The molecule has 1 heterocycles. The van der Waals surface area contributed by atoms with Gasteiger partial charge in [-0.3, -0.25) is 4.79 Å². The molecule has 0 spiro atoms. The average Bonchev–Trinajstić information content (AvgIpc) is 2.57. The van der Waals surface area contributed by atoms with Gasteiger partial charge in [-0.1, -0.05) is 12.1 Å². The van der Waals surface area contributed by atoms with E-state index in [-0.39, 0.29) is 11.1 Å². The van der Waals surface area contributed by atoms with E-state index in [1.165, 1.54) is 6.07 Å². The highest BCUT2D eigenvalue weighted by atomic mass is 16.7. The molecule has 104 valence electrons. The summed E-state index contributed by atoms with van der Waals surface area (Å²) in [5.74, 6) is -0.639. The van der Waals surface area contributed by atoms with Crippen LogP contribution in [0.3, 0.4) is 0 Å².